The predicted octanol–water partition coefficient (Wildman–Crippen LogP) is 1.45. The second kappa shape index (κ2) is 7.50. The zero-order chi connectivity index (χ0) is 16.9. The lowest BCUT2D eigenvalue weighted by Crippen LogP contribution is -2.49. The predicted molar refractivity (Wildman–Crippen MR) is 81.8 cm³/mol. The number of hydrogen-bond acceptors (Lipinski definition) is 3. The number of hydrogen-bond donors (Lipinski definition) is 2. The van der Waals surface area contributed by atoms with Crippen LogP contribution < -0.4 is 11.1 Å². The number of carbonyl (C=O) groups is 2. The van der Waals surface area contributed by atoms with Crippen LogP contribution in [-0.4, -0.2) is 42.3 Å². The molecule has 5 nitrogen and oxygen atoms in total. The molecule has 1 saturated heterocycles. The van der Waals surface area contributed by atoms with Gasteiger partial charge < -0.3 is 16.0 Å². The van der Waals surface area contributed by atoms with Crippen LogP contribution in [0.1, 0.15) is 30.9 Å². The van der Waals surface area contributed by atoms with Gasteiger partial charge in [-0.2, -0.15) is 0 Å². The third kappa shape index (κ3) is 4.48. The number of alkyl halides is 2. The first kappa shape index (κ1) is 17.3. The number of piperidine rings is 1. The monoisotopic (exact) mass is 325 g/mol. The summed E-state index contributed by atoms with van der Waals surface area (Å²) in [5.74, 6) is -3.91. The molecule has 1 aromatic carbocycles. The van der Waals surface area contributed by atoms with Gasteiger partial charge in [0.1, 0.15) is 6.04 Å². The molecule has 0 bridgehead atoms. The van der Waals surface area contributed by atoms with Gasteiger partial charge in [0.05, 0.1) is 13.1 Å². The molecule has 126 valence electrons. The van der Waals surface area contributed by atoms with Crippen molar-refractivity contribution in [2.45, 2.75) is 31.2 Å². The Bertz CT molecular complexity index is 552. The van der Waals surface area contributed by atoms with Crippen molar-refractivity contribution in [1.29, 1.82) is 0 Å². The lowest BCUT2D eigenvalue weighted by molar-refractivity contribution is -0.143. The van der Waals surface area contributed by atoms with Crippen molar-refractivity contribution in [3.63, 3.8) is 0 Å². The van der Waals surface area contributed by atoms with E-state index < -0.39 is 31.0 Å². The van der Waals surface area contributed by atoms with Crippen LogP contribution in [0, 0.1) is 0 Å². The minimum atomic E-state index is -3.16. The largest absolute Gasteiger partial charge is 0.348 e. The highest BCUT2D eigenvalue weighted by molar-refractivity contribution is 5.89. The summed E-state index contributed by atoms with van der Waals surface area (Å²) in [4.78, 5) is 26.1. The van der Waals surface area contributed by atoms with Crippen LogP contribution in [-0.2, 0) is 9.59 Å². The average Bonchev–Trinajstić information content (AvgIpc) is 2.56. The first-order valence-corrected chi connectivity index (χ1v) is 7.64. The van der Waals surface area contributed by atoms with Crippen molar-refractivity contribution < 1.29 is 18.4 Å². The summed E-state index contributed by atoms with van der Waals surface area (Å²) >= 11 is 0. The molecule has 1 fully saturated rings. The van der Waals surface area contributed by atoms with Crippen LogP contribution in [0.15, 0.2) is 30.3 Å². The van der Waals surface area contributed by atoms with Gasteiger partial charge in [-0.25, -0.2) is 8.78 Å². The summed E-state index contributed by atoms with van der Waals surface area (Å²) in [7, 11) is 0. The van der Waals surface area contributed by atoms with Crippen molar-refractivity contribution in [2.75, 3.05) is 19.6 Å². The molecule has 1 unspecified atom stereocenters. The van der Waals surface area contributed by atoms with Crippen molar-refractivity contribution >= 4 is 11.8 Å². The number of benzene rings is 1. The molecule has 2 rings (SSSR count). The van der Waals surface area contributed by atoms with Crippen LogP contribution in [0.4, 0.5) is 8.78 Å². The Morgan fingerprint density at radius 1 is 1.30 bits per heavy atom. The fourth-order valence-electron chi connectivity index (χ4n) is 2.59. The van der Waals surface area contributed by atoms with Gasteiger partial charge in [0.25, 0.3) is 5.92 Å². The Kier molecular flexibility index (Phi) is 5.65. The number of likely N-dealkylation sites (tertiary alicyclic amines) is 1. The minimum Gasteiger partial charge on any atom is -0.348 e. The molecule has 1 aromatic rings. The van der Waals surface area contributed by atoms with Gasteiger partial charge in [0.2, 0.25) is 11.8 Å². The van der Waals surface area contributed by atoms with Crippen molar-refractivity contribution in [3.8, 4) is 0 Å². The molecule has 0 radical (unpaired) electrons. The maximum Gasteiger partial charge on any atom is 0.277 e. The minimum absolute atomic E-state index is 0.133. The highest BCUT2D eigenvalue weighted by Gasteiger charge is 2.34. The zero-order valence-corrected chi connectivity index (χ0v) is 12.8. The van der Waals surface area contributed by atoms with E-state index in [1.807, 2.05) is 0 Å². The Balaban J connectivity index is 2.19. The van der Waals surface area contributed by atoms with Gasteiger partial charge in [-0.05, 0) is 18.4 Å². The topological polar surface area (TPSA) is 75.4 Å². The number of nitrogens with one attached hydrogen (secondary N) is 1. The van der Waals surface area contributed by atoms with E-state index in [2.05, 4.69) is 5.32 Å². The standard InChI is InChI=1S/C16H21F2N3O2/c17-16(18,10-19)11-20-15(23)14(12-6-2-1-3-7-12)21-9-5-4-8-13(21)22/h1-3,6-7,14H,4-5,8-11,19H2,(H,20,23). The number of halogens is 2. The van der Waals surface area contributed by atoms with E-state index >= 15 is 0 Å². The first-order valence-electron chi connectivity index (χ1n) is 7.64. The summed E-state index contributed by atoms with van der Waals surface area (Å²) in [5, 5.41) is 2.23. The van der Waals surface area contributed by atoms with Crippen LogP contribution in [0.25, 0.3) is 0 Å². The van der Waals surface area contributed by atoms with E-state index in [1.165, 1.54) is 4.90 Å². The summed E-state index contributed by atoms with van der Waals surface area (Å²) in [6.07, 6.45) is 1.95. The summed E-state index contributed by atoms with van der Waals surface area (Å²) in [5.41, 5.74) is 5.59. The molecule has 1 aliphatic heterocycles. The highest BCUT2D eigenvalue weighted by atomic mass is 19.3. The Labute approximate surface area is 133 Å². The SMILES string of the molecule is NCC(F)(F)CNC(=O)C(c1ccccc1)N1CCCCC1=O. The molecule has 0 spiro atoms. The van der Waals surface area contributed by atoms with E-state index in [1.54, 1.807) is 30.3 Å². The molecule has 0 aromatic heterocycles. The van der Waals surface area contributed by atoms with Crippen molar-refractivity contribution in [2.24, 2.45) is 5.73 Å². The quantitative estimate of drug-likeness (QED) is 0.831. The van der Waals surface area contributed by atoms with Gasteiger partial charge >= 0.3 is 0 Å². The van der Waals surface area contributed by atoms with Crippen molar-refractivity contribution in [3.05, 3.63) is 35.9 Å². The van der Waals surface area contributed by atoms with E-state index in [0.717, 1.165) is 12.8 Å². The van der Waals surface area contributed by atoms with E-state index in [-0.39, 0.29) is 5.91 Å². The second-order valence-corrected chi connectivity index (χ2v) is 5.64. The molecule has 23 heavy (non-hydrogen) atoms. The molecule has 2 amide bonds. The van der Waals surface area contributed by atoms with Gasteiger partial charge in [0.15, 0.2) is 0 Å². The smallest absolute Gasteiger partial charge is 0.277 e. The number of nitrogens with two attached hydrogens (primary N) is 1. The molecular weight excluding hydrogens is 304 g/mol. The lowest BCUT2D eigenvalue weighted by atomic mass is 10.0. The lowest BCUT2D eigenvalue weighted by Gasteiger charge is -2.34. The average molecular weight is 325 g/mol. The molecule has 7 heteroatoms. The van der Waals surface area contributed by atoms with Crippen LogP contribution in [0.3, 0.4) is 0 Å². The van der Waals surface area contributed by atoms with E-state index in [9.17, 15) is 18.4 Å². The number of carbonyl (C=O) groups excluding carboxylic acids is 2. The maximum atomic E-state index is 13.3. The number of amides is 2. The Morgan fingerprint density at radius 3 is 2.61 bits per heavy atom. The molecule has 1 aliphatic rings. The van der Waals surface area contributed by atoms with Crippen LogP contribution >= 0.6 is 0 Å². The zero-order valence-electron chi connectivity index (χ0n) is 12.8. The van der Waals surface area contributed by atoms with Gasteiger partial charge in [-0.1, -0.05) is 30.3 Å². The molecule has 0 saturated carbocycles. The summed E-state index contributed by atoms with van der Waals surface area (Å²) in [6.45, 7) is -1.24. The first-order chi connectivity index (χ1) is 10.9. The van der Waals surface area contributed by atoms with E-state index in [4.69, 9.17) is 5.73 Å². The van der Waals surface area contributed by atoms with Gasteiger partial charge in [-0.3, -0.25) is 9.59 Å². The summed E-state index contributed by atoms with van der Waals surface area (Å²) in [6, 6.07) is 7.83. The molecule has 1 atom stereocenters. The normalized spacial score (nSPS) is 17.0. The van der Waals surface area contributed by atoms with Gasteiger partial charge in [0, 0.05) is 13.0 Å². The fourth-order valence-corrected chi connectivity index (χ4v) is 2.59. The molecular formula is C16H21F2N3O2. The van der Waals surface area contributed by atoms with Crippen LogP contribution in [0.5, 0.6) is 0 Å². The third-order valence-corrected chi connectivity index (χ3v) is 3.86. The third-order valence-electron chi connectivity index (χ3n) is 3.86. The Morgan fingerprint density at radius 2 is 2.00 bits per heavy atom. The number of rotatable bonds is 6. The second-order valence-electron chi connectivity index (χ2n) is 5.64. The molecule has 3 N–H and O–H groups in total. The van der Waals surface area contributed by atoms with Crippen LogP contribution in [0.2, 0.25) is 0 Å². The molecule has 0 aliphatic carbocycles. The van der Waals surface area contributed by atoms with E-state index in [0.29, 0.717) is 18.5 Å². The summed E-state index contributed by atoms with van der Waals surface area (Å²) < 4.78 is 26.6. The van der Waals surface area contributed by atoms with Gasteiger partial charge in [-0.15, -0.1) is 0 Å². The number of nitrogens with zero attached hydrogens (tertiary/aromatic N) is 1. The highest BCUT2D eigenvalue weighted by Crippen LogP contribution is 2.26. The molecule has 1 heterocycles. The maximum absolute atomic E-state index is 13.3. The Hall–Kier alpha value is -2.02. The van der Waals surface area contributed by atoms with Crippen molar-refractivity contribution in [1.82, 2.24) is 10.2 Å². The fraction of sp³-hybridized carbons (Fsp3) is 0.500.